The average Bonchev–Trinajstić information content (AvgIpc) is 2.46. The van der Waals surface area contributed by atoms with Crippen LogP contribution < -0.4 is 16.0 Å². The van der Waals surface area contributed by atoms with E-state index in [1.54, 1.807) is 23.9 Å². The molecule has 1 heterocycles. The van der Waals surface area contributed by atoms with Gasteiger partial charge >= 0.3 is 0 Å². The van der Waals surface area contributed by atoms with Crippen molar-refractivity contribution in [1.29, 1.82) is 0 Å². The third-order valence-electron chi connectivity index (χ3n) is 3.16. The quantitative estimate of drug-likeness (QED) is 0.923. The van der Waals surface area contributed by atoms with Crippen LogP contribution in [0.15, 0.2) is 47.4 Å². The zero-order valence-corrected chi connectivity index (χ0v) is 13.2. The summed E-state index contributed by atoms with van der Waals surface area (Å²) in [5.74, 6) is 0.808. The highest BCUT2D eigenvalue weighted by Gasteiger charge is 2.11. The maximum atomic E-state index is 12.1. The third-order valence-corrected chi connectivity index (χ3v) is 3.16. The minimum Gasteiger partial charge on any atom is -0.497 e. The summed E-state index contributed by atoms with van der Waals surface area (Å²) in [6, 6.07) is 11.3. The van der Waals surface area contributed by atoms with E-state index in [4.69, 9.17) is 10.5 Å². The van der Waals surface area contributed by atoms with E-state index >= 15 is 0 Å². The zero-order chi connectivity index (χ0) is 16.2. The average molecular weight is 298 g/mol. The molecule has 2 rings (SSSR count). The molecule has 1 aromatic heterocycles. The zero-order valence-electron chi connectivity index (χ0n) is 13.2. The molecule has 0 saturated heterocycles. The maximum absolute atomic E-state index is 12.1. The summed E-state index contributed by atoms with van der Waals surface area (Å²) in [7, 11) is 1.64. The van der Waals surface area contributed by atoms with Gasteiger partial charge in [0, 0.05) is 24.3 Å². The Hall–Kier alpha value is -2.33. The van der Waals surface area contributed by atoms with Crippen LogP contribution in [0.5, 0.6) is 5.75 Å². The van der Waals surface area contributed by atoms with E-state index in [-0.39, 0.29) is 5.56 Å². The molecule has 0 spiro atoms. The van der Waals surface area contributed by atoms with Gasteiger partial charge in [0.1, 0.15) is 5.75 Å². The molecule has 4 heteroatoms. The van der Waals surface area contributed by atoms with E-state index in [0.29, 0.717) is 6.54 Å². The number of rotatable bonds is 5. The first-order valence-corrected chi connectivity index (χ1v) is 7.19. The third kappa shape index (κ3) is 4.60. The van der Waals surface area contributed by atoms with Gasteiger partial charge in [-0.05, 0) is 43.2 Å². The predicted molar refractivity (Wildman–Crippen MR) is 90.9 cm³/mol. The van der Waals surface area contributed by atoms with Gasteiger partial charge in [0.25, 0.3) is 5.56 Å². The summed E-state index contributed by atoms with van der Waals surface area (Å²) in [4.78, 5) is 12.1. The van der Waals surface area contributed by atoms with Crippen LogP contribution in [0.4, 0.5) is 0 Å². The van der Waals surface area contributed by atoms with Crippen LogP contribution in [0.1, 0.15) is 25.0 Å². The fraction of sp³-hybridized carbons (Fsp3) is 0.278. The molecule has 1 aromatic carbocycles. The minimum absolute atomic E-state index is 0.0497. The van der Waals surface area contributed by atoms with Crippen molar-refractivity contribution in [2.75, 3.05) is 7.11 Å². The van der Waals surface area contributed by atoms with Gasteiger partial charge in [0.2, 0.25) is 0 Å². The molecule has 0 bridgehead atoms. The van der Waals surface area contributed by atoms with Crippen LogP contribution in [0.2, 0.25) is 0 Å². The Morgan fingerprint density at radius 3 is 2.45 bits per heavy atom. The first-order chi connectivity index (χ1) is 10.4. The Morgan fingerprint density at radius 1 is 1.18 bits per heavy atom. The molecule has 0 radical (unpaired) electrons. The first kappa shape index (κ1) is 16.0. The molecule has 0 atom stereocenters. The second kappa shape index (κ2) is 6.62. The van der Waals surface area contributed by atoms with Gasteiger partial charge in [-0.3, -0.25) is 4.79 Å². The SMILES string of the molecule is COc1cccc(/C=C/c2ccn(CC(C)(C)N)c(=O)c2)c1. The van der Waals surface area contributed by atoms with Crippen LogP contribution in [0.25, 0.3) is 12.2 Å². The van der Waals surface area contributed by atoms with Crippen LogP contribution >= 0.6 is 0 Å². The number of ether oxygens (including phenoxy) is 1. The number of methoxy groups -OCH3 is 1. The molecular weight excluding hydrogens is 276 g/mol. The van der Waals surface area contributed by atoms with Crippen molar-refractivity contribution in [1.82, 2.24) is 4.57 Å². The fourth-order valence-corrected chi connectivity index (χ4v) is 2.13. The van der Waals surface area contributed by atoms with E-state index in [0.717, 1.165) is 16.9 Å². The monoisotopic (exact) mass is 298 g/mol. The first-order valence-electron chi connectivity index (χ1n) is 7.19. The molecule has 0 unspecified atom stereocenters. The molecule has 0 aliphatic carbocycles. The summed E-state index contributed by atoms with van der Waals surface area (Å²) < 4.78 is 6.82. The summed E-state index contributed by atoms with van der Waals surface area (Å²) in [5.41, 5.74) is 7.37. The molecule has 22 heavy (non-hydrogen) atoms. The molecule has 0 aliphatic heterocycles. The van der Waals surface area contributed by atoms with Gasteiger partial charge in [0.15, 0.2) is 0 Å². The Bertz CT molecular complexity index is 724. The van der Waals surface area contributed by atoms with Crippen LogP contribution in [0, 0.1) is 0 Å². The van der Waals surface area contributed by atoms with Crippen LogP contribution in [-0.2, 0) is 6.54 Å². The maximum Gasteiger partial charge on any atom is 0.251 e. The highest BCUT2D eigenvalue weighted by atomic mass is 16.5. The Labute approximate surface area is 130 Å². The smallest absolute Gasteiger partial charge is 0.251 e. The molecule has 0 aliphatic rings. The lowest BCUT2D eigenvalue weighted by Gasteiger charge is -2.19. The van der Waals surface area contributed by atoms with Crippen molar-refractivity contribution in [3.05, 3.63) is 64.1 Å². The van der Waals surface area contributed by atoms with Crippen molar-refractivity contribution in [3.63, 3.8) is 0 Å². The highest BCUT2D eigenvalue weighted by Crippen LogP contribution is 2.15. The minimum atomic E-state index is -0.415. The van der Waals surface area contributed by atoms with Gasteiger partial charge in [0.05, 0.1) is 7.11 Å². The highest BCUT2D eigenvalue weighted by molar-refractivity contribution is 5.69. The van der Waals surface area contributed by atoms with Crippen molar-refractivity contribution in [2.24, 2.45) is 5.73 Å². The van der Waals surface area contributed by atoms with Crippen molar-refractivity contribution >= 4 is 12.2 Å². The van der Waals surface area contributed by atoms with Gasteiger partial charge < -0.3 is 15.0 Å². The number of nitrogens with two attached hydrogens (primary N) is 1. The van der Waals surface area contributed by atoms with E-state index in [9.17, 15) is 4.79 Å². The van der Waals surface area contributed by atoms with Gasteiger partial charge in [-0.1, -0.05) is 24.3 Å². The van der Waals surface area contributed by atoms with Gasteiger partial charge in [-0.2, -0.15) is 0 Å². The van der Waals surface area contributed by atoms with E-state index in [1.807, 2.05) is 56.3 Å². The summed E-state index contributed by atoms with van der Waals surface area (Å²) in [6.07, 6.45) is 5.64. The van der Waals surface area contributed by atoms with Gasteiger partial charge in [-0.15, -0.1) is 0 Å². The molecule has 0 amide bonds. The summed E-state index contributed by atoms with van der Waals surface area (Å²) in [6.45, 7) is 4.29. The number of nitrogens with zero attached hydrogens (tertiary/aromatic N) is 1. The van der Waals surface area contributed by atoms with Crippen molar-refractivity contribution in [3.8, 4) is 5.75 Å². The second-order valence-electron chi connectivity index (χ2n) is 6.02. The molecule has 2 N–H and O–H groups in total. The van der Waals surface area contributed by atoms with Crippen molar-refractivity contribution < 1.29 is 4.74 Å². The van der Waals surface area contributed by atoms with E-state index in [2.05, 4.69) is 0 Å². The molecule has 0 saturated carbocycles. The molecule has 2 aromatic rings. The largest absolute Gasteiger partial charge is 0.497 e. The molecule has 116 valence electrons. The molecule has 0 fully saturated rings. The lowest BCUT2D eigenvalue weighted by Crippen LogP contribution is -2.40. The van der Waals surface area contributed by atoms with Crippen LogP contribution in [0.3, 0.4) is 0 Å². The number of pyridine rings is 1. The Balaban J connectivity index is 2.18. The van der Waals surface area contributed by atoms with E-state index < -0.39 is 5.54 Å². The van der Waals surface area contributed by atoms with Crippen LogP contribution in [-0.4, -0.2) is 17.2 Å². The number of hydrogen-bond acceptors (Lipinski definition) is 3. The normalized spacial score (nSPS) is 11.8. The topological polar surface area (TPSA) is 57.2 Å². The second-order valence-corrected chi connectivity index (χ2v) is 6.02. The number of benzene rings is 1. The van der Waals surface area contributed by atoms with E-state index in [1.165, 1.54) is 0 Å². The molecular formula is C18H22N2O2. The lowest BCUT2D eigenvalue weighted by atomic mass is 10.1. The Kier molecular flexibility index (Phi) is 4.83. The fourth-order valence-electron chi connectivity index (χ4n) is 2.13. The Morgan fingerprint density at radius 2 is 1.86 bits per heavy atom. The summed E-state index contributed by atoms with van der Waals surface area (Å²) in [5, 5.41) is 0. The van der Waals surface area contributed by atoms with Crippen molar-refractivity contribution in [2.45, 2.75) is 25.9 Å². The summed E-state index contributed by atoms with van der Waals surface area (Å²) >= 11 is 0. The lowest BCUT2D eigenvalue weighted by molar-refractivity contribution is 0.414. The molecule has 4 nitrogen and oxygen atoms in total. The standard InChI is InChI=1S/C18H22N2O2/c1-18(2,19)13-20-10-9-15(12-17(20)21)8-7-14-5-4-6-16(11-14)22-3/h4-12H,13,19H2,1-3H3/b8-7+. The van der Waals surface area contributed by atoms with Gasteiger partial charge in [-0.25, -0.2) is 0 Å². The number of hydrogen-bond donors (Lipinski definition) is 1. The number of aromatic nitrogens is 1. The predicted octanol–water partition coefficient (Wildman–Crippen LogP) is 2.76.